The van der Waals surface area contributed by atoms with Crippen molar-refractivity contribution in [1.29, 1.82) is 0 Å². The molecule has 0 aliphatic heterocycles. The van der Waals surface area contributed by atoms with Crippen LogP contribution in [0.5, 0.6) is 11.5 Å². The minimum atomic E-state index is -5.69. The highest BCUT2D eigenvalue weighted by atomic mass is 19.4. The summed E-state index contributed by atoms with van der Waals surface area (Å²) in [4.78, 5) is 12.0. The summed E-state index contributed by atoms with van der Waals surface area (Å²) in [5.41, 5.74) is -0.652. The van der Waals surface area contributed by atoms with E-state index in [1.807, 2.05) is 6.92 Å². The van der Waals surface area contributed by atoms with Gasteiger partial charge in [-0.3, -0.25) is 4.79 Å². The van der Waals surface area contributed by atoms with Crippen molar-refractivity contribution in [1.82, 2.24) is 0 Å². The predicted octanol–water partition coefficient (Wildman–Crippen LogP) is 4.97. The molecule has 0 amide bonds. The van der Waals surface area contributed by atoms with Crippen LogP contribution in [0.2, 0.25) is 0 Å². The standard InChI is InChI=1S/C17H21F5O4/c1-5-15(3,4)14(23)26-13-8-6-12(7-9-13)25-11(2)24-10-16(18,19)17(20,21)22/h6-9,11H,5,10H2,1-4H3. The number of benzene rings is 1. The Hall–Kier alpha value is -1.90. The molecule has 1 atom stereocenters. The lowest BCUT2D eigenvalue weighted by molar-refractivity contribution is -0.305. The van der Waals surface area contributed by atoms with Crippen LogP contribution in [0.4, 0.5) is 22.0 Å². The van der Waals surface area contributed by atoms with Crippen LogP contribution in [0.25, 0.3) is 0 Å². The first-order valence-corrected chi connectivity index (χ1v) is 7.83. The highest BCUT2D eigenvalue weighted by Crippen LogP contribution is 2.35. The maximum atomic E-state index is 12.8. The molecular weight excluding hydrogens is 363 g/mol. The number of carbonyl (C=O) groups is 1. The lowest BCUT2D eigenvalue weighted by Crippen LogP contribution is -2.42. The second kappa shape index (κ2) is 8.20. The van der Waals surface area contributed by atoms with Crippen molar-refractivity contribution in [2.75, 3.05) is 6.61 Å². The van der Waals surface area contributed by atoms with Gasteiger partial charge in [0.25, 0.3) is 0 Å². The fraction of sp³-hybridized carbons (Fsp3) is 0.588. The number of halogens is 5. The summed E-state index contributed by atoms with van der Waals surface area (Å²) in [6.07, 6.45) is -6.44. The summed E-state index contributed by atoms with van der Waals surface area (Å²) in [7, 11) is 0. The van der Waals surface area contributed by atoms with E-state index in [9.17, 15) is 26.7 Å². The van der Waals surface area contributed by atoms with Crippen molar-refractivity contribution in [3.8, 4) is 11.5 Å². The zero-order valence-electron chi connectivity index (χ0n) is 14.8. The molecule has 1 rings (SSSR count). The number of hydrogen-bond donors (Lipinski definition) is 0. The van der Waals surface area contributed by atoms with E-state index in [2.05, 4.69) is 4.74 Å². The van der Waals surface area contributed by atoms with Crippen molar-refractivity contribution in [2.45, 2.75) is 52.5 Å². The van der Waals surface area contributed by atoms with Crippen LogP contribution in [0.3, 0.4) is 0 Å². The van der Waals surface area contributed by atoms with Gasteiger partial charge in [0, 0.05) is 0 Å². The van der Waals surface area contributed by atoms with Gasteiger partial charge in [-0.15, -0.1) is 0 Å². The predicted molar refractivity (Wildman–Crippen MR) is 83.2 cm³/mol. The van der Waals surface area contributed by atoms with Gasteiger partial charge >= 0.3 is 18.1 Å². The Morgan fingerprint density at radius 1 is 1.04 bits per heavy atom. The maximum absolute atomic E-state index is 12.8. The van der Waals surface area contributed by atoms with Crippen molar-refractivity contribution in [2.24, 2.45) is 5.41 Å². The number of hydrogen-bond acceptors (Lipinski definition) is 4. The van der Waals surface area contributed by atoms with E-state index in [-0.39, 0.29) is 11.5 Å². The summed E-state index contributed by atoms with van der Waals surface area (Å²) in [6, 6.07) is 5.58. The first kappa shape index (κ1) is 22.1. The molecule has 0 N–H and O–H groups in total. The summed E-state index contributed by atoms with van der Waals surface area (Å²) < 4.78 is 76.5. The molecule has 0 aromatic heterocycles. The van der Waals surface area contributed by atoms with Gasteiger partial charge in [-0.25, -0.2) is 0 Å². The summed E-state index contributed by atoms with van der Waals surface area (Å²) in [5.74, 6) is -4.97. The molecule has 0 aliphatic rings. The van der Waals surface area contributed by atoms with E-state index < -0.39 is 36.4 Å². The molecule has 148 valence electrons. The van der Waals surface area contributed by atoms with Crippen LogP contribution in [0.1, 0.15) is 34.1 Å². The van der Waals surface area contributed by atoms with Crippen molar-refractivity contribution < 1.29 is 41.0 Å². The Morgan fingerprint density at radius 3 is 2.00 bits per heavy atom. The van der Waals surface area contributed by atoms with E-state index in [0.29, 0.717) is 6.42 Å². The molecule has 1 aromatic carbocycles. The molecule has 0 saturated carbocycles. The average molecular weight is 384 g/mol. The Bertz CT molecular complexity index is 596. The van der Waals surface area contributed by atoms with Gasteiger partial charge in [0.15, 0.2) is 6.29 Å². The Morgan fingerprint density at radius 2 is 1.54 bits per heavy atom. The van der Waals surface area contributed by atoms with Gasteiger partial charge < -0.3 is 14.2 Å². The third kappa shape index (κ3) is 6.12. The minimum Gasteiger partial charge on any atom is -0.465 e. The molecule has 0 fully saturated rings. The normalized spacial score (nSPS) is 14.0. The highest BCUT2D eigenvalue weighted by Gasteiger charge is 2.57. The zero-order valence-corrected chi connectivity index (χ0v) is 14.8. The van der Waals surface area contributed by atoms with Crippen LogP contribution in [-0.4, -0.2) is 31.0 Å². The molecular formula is C17H21F5O4. The molecule has 1 aromatic rings. The third-order valence-corrected chi connectivity index (χ3v) is 3.69. The van der Waals surface area contributed by atoms with Crippen LogP contribution in [-0.2, 0) is 9.53 Å². The monoisotopic (exact) mass is 384 g/mol. The second-order valence-electron chi connectivity index (χ2n) is 6.30. The van der Waals surface area contributed by atoms with Gasteiger partial charge in [-0.05, 0) is 51.5 Å². The molecule has 0 heterocycles. The van der Waals surface area contributed by atoms with Crippen molar-refractivity contribution in [3.05, 3.63) is 24.3 Å². The number of alkyl halides is 5. The molecule has 0 saturated heterocycles. The molecule has 9 heteroatoms. The quantitative estimate of drug-likeness (QED) is 0.275. The Balaban J connectivity index is 2.58. The molecule has 0 radical (unpaired) electrons. The first-order chi connectivity index (χ1) is 11.8. The molecule has 26 heavy (non-hydrogen) atoms. The average Bonchev–Trinajstić information content (AvgIpc) is 2.53. The van der Waals surface area contributed by atoms with Gasteiger partial charge in [0.2, 0.25) is 0 Å². The van der Waals surface area contributed by atoms with Crippen molar-refractivity contribution in [3.63, 3.8) is 0 Å². The molecule has 1 unspecified atom stereocenters. The highest BCUT2D eigenvalue weighted by molar-refractivity contribution is 5.78. The number of rotatable bonds is 8. The van der Waals surface area contributed by atoms with Crippen molar-refractivity contribution >= 4 is 5.97 Å². The molecule has 0 bridgehead atoms. The number of carbonyl (C=O) groups excluding carboxylic acids is 1. The van der Waals surface area contributed by atoms with Gasteiger partial charge in [-0.1, -0.05) is 6.92 Å². The molecule has 0 spiro atoms. The van der Waals surface area contributed by atoms with Gasteiger partial charge in [0.05, 0.1) is 5.41 Å². The Labute approximate surface area is 148 Å². The lowest BCUT2D eigenvalue weighted by atomic mass is 9.91. The lowest BCUT2D eigenvalue weighted by Gasteiger charge is -2.22. The van der Waals surface area contributed by atoms with Gasteiger partial charge in [0.1, 0.15) is 18.1 Å². The SMILES string of the molecule is CCC(C)(C)C(=O)Oc1ccc(OC(C)OCC(F)(F)C(F)(F)F)cc1. The zero-order chi connectivity index (χ0) is 20.2. The topological polar surface area (TPSA) is 44.8 Å². The van der Waals surface area contributed by atoms with E-state index in [0.717, 1.165) is 0 Å². The third-order valence-electron chi connectivity index (χ3n) is 3.69. The summed E-state index contributed by atoms with van der Waals surface area (Å²) >= 11 is 0. The van der Waals surface area contributed by atoms with E-state index in [4.69, 9.17) is 9.47 Å². The summed E-state index contributed by atoms with van der Waals surface area (Å²) in [5, 5.41) is 0. The fourth-order valence-corrected chi connectivity index (χ4v) is 1.51. The van der Waals surface area contributed by atoms with Crippen LogP contribution in [0, 0.1) is 5.41 Å². The molecule has 0 aliphatic carbocycles. The largest absolute Gasteiger partial charge is 0.465 e. The Kier molecular flexibility index (Phi) is 6.98. The second-order valence-corrected chi connectivity index (χ2v) is 6.30. The fourth-order valence-electron chi connectivity index (χ4n) is 1.51. The van der Waals surface area contributed by atoms with Gasteiger partial charge in [-0.2, -0.15) is 22.0 Å². The number of ether oxygens (including phenoxy) is 3. The summed E-state index contributed by atoms with van der Waals surface area (Å²) in [6.45, 7) is 4.66. The maximum Gasteiger partial charge on any atom is 0.455 e. The first-order valence-electron chi connectivity index (χ1n) is 7.83. The van der Waals surface area contributed by atoms with Crippen LogP contribution < -0.4 is 9.47 Å². The number of esters is 1. The van der Waals surface area contributed by atoms with Crippen LogP contribution >= 0.6 is 0 Å². The smallest absolute Gasteiger partial charge is 0.455 e. The van der Waals surface area contributed by atoms with Crippen LogP contribution in [0.15, 0.2) is 24.3 Å². The minimum absolute atomic E-state index is 0.155. The van der Waals surface area contributed by atoms with E-state index in [1.54, 1.807) is 13.8 Å². The van der Waals surface area contributed by atoms with E-state index >= 15 is 0 Å². The molecule has 4 nitrogen and oxygen atoms in total. The van der Waals surface area contributed by atoms with E-state index in [1.165, 1.54) is 31.2 Å².